The molecule has 11 heteroatoms. The first-order valence-electron chi connectivity index (χ1n) is 11.5. The first-order chi connectivity index (χ1) is 18.6. The highest BCUT2D eigenvalue weighted by atomic mass is 35.5. The number of ketones is 1. The van der Waals surface area contributed by atoms with E-state index in [0.29, 0.717) is 33.3 Å². The molecule has 3 aromatic rings. The maximum atomic E-state index is 13.6. The largest absolute Gasteiger partial charge is 0.507 e. The maximum Gasteiger partial charge on any atom is 0.300 e. The zero-order valence-corrected chi connectivity index (χ0v) is 23.9. The third kappa shape index (κ3) is 4.73. The molecule has 1 unspecified atom stereocenters. The smallest absolute Gasteiger partial charge is 0.300 e. The Morgan fingerprint density at radius 2 is 1.51 bits per heavy atom. The van der Waals surface area contributed by atoms with E-state index in [0.717, 1.165) is 0 Å². The lowest BCUT2D eigenvalue weighted by Gasteiger charge is -2.27. The average Bonchev–Trinajstić information content (AvgIpc) is 3.19. The van der Waals surface area contributed by atoms with Gasteiger partial charge in [-0.2, -0.15) is 0 Å². The summed E-state index contributed by atoms with van der Waals surface area (Å²) in [7, 11) is 5.67. The van der Waals surface area contributed by atoms with Crippen LogP contribution >= 0.6 is 34.8 Å². The molecule has 204 valence electrons. The molecule has 0 spiro atoms. The molecule has 39 heavy (non-hydrogen) atoms. The van der Waals surface area contributed by atoms with Crippen LogP contribution in [0.25, 0.3) is 5.76 Å². The summed E-state index contributed by atoms with van der Waals surface area (Å²) in [6, 6.07) is 10.2. The van der Waals surface area contributed by atoms with Gasteiger partial charge in [0.25, 0.3) is 11.7 Å². The Hall–Kier alpha value is -3.59. The fourth-order valence-electron chi connectivity index (χ4n) is 4.57. The second-order valence-corrected chi connectivity index (χ2v) is 9.65. The Bertz CT molecular complexity index is 1520. The van der Waals surface area contributed by atoms with Crippen molar-refractivity contribution in [2.24, 2.45) is 0 Å². The van der Waals surface area contributed by atoms with Crippen molar-refractivity contribution in [1.82, 2.24) is 0 Å². The van der Waals surface area contributed by atoms with Gasteiger partial charge in [-0.1, -0.05) is 46.9 Å². The number of rotatable bonds is 7. The predicted molar refractivity (Wildman–Crippen MR) is 150 cm³/mol. The number of nitrogens with zero attached hydrogens (tertiary/aromatic N) is 1. The Kier molecular flexibility index (Phi) is 8.20. The molecule has 1 saturated heterocycles. The highest BCUT2D eigenvalue weighted by Crippen LogP contribution is 2.49. The molecule has 3 aromatic carbocycles. The van der Waals surface area contributed by atoms with Crippen LogP contribution in [-0.2, 0) is 9.59 Å². The van der Waals surface area contributed by atoms with Crippen molar-refractivity contribution in [2.45, 2.75) is 13.0 Å². The second-order valence-electron chi connectivity index (χ2n) is 8.45. The number of methoxy groups -OCH3 is 4. The van der Waals surface area contributed by atoms with Gasteiger partial charge in [0, 0.05) is 10.7 Å². The topological polar surface area (TPSA) is 94.5 Å². The van der Waals surface area contributed by atoms with Crippen molar-refractivity contribution in [1.29, 1.82) is 0 Å². The monoisotopic (exact) mass is 591 g/mol. The molecule has 1 atom stereocenters. The molecular formula is C28H24Cl3NO7. The highest BCUT2D eigenvalue weighted by Gasteiger charge is 2.48. The predicted octanol–water partition coefficient (Wildman–Crippen LogP) is 6.62. The molecule has 4 rings (SSSR count). The molecule has 0 saturated carbocycles. The molecule has 1 N–H and O–H groups in total. The number of aliphatic hydroxyl groups excluding tert-OH is 1. The summed E-state index contributed by atoms with van der Waals surface area (Å²) in [6.07, 6.45) is 0. The van der Waals surface area contributed by atoms with Crippen LogP contribution in [-0.4, -0.2) is 45.2 Å². The third-order valence-corrected chi connectivity index (χ3v) is 7.49. The van der Waals surface area contributed by atoms with Gasteiger partial charge in [0.05, 0.1) is 50.6 Å². The van der Waals surface area contributed by atoms with E-state index >= 15 is 0 Å². The summed E-state index contributed by atoms with van der Waals surface area (Å²) < 4.78 is 21.5. The lowest BCUT2D eigenvalue weighted by atomic mass is 9.94. The number of benzene rings is 3. The van der Waals surface area contributed by atoms with Gasteiger partial charge in [0.1, 0.15) is 10.8 Å². The number of hydrogen-bond acceptors (Lipinski definition) is 7. The van der Waals surface area contributed by atoms with Crippen LogP contribution < -0.4 is 23.8 Å². The SMILES string of the molecule is COc1ccc(C2/C(=C(\O)c3cc(Cl)c(OC)c(Cl)c3OC)C(=O)C(=O)N2c2cccc(Cl)c2C)cc1OC. The van der Waals surface area contributed by atoms with Crippen LogP contribution in [0, 0.1) is 6.92 Å². The molecular weight excluding hydrogens is 569 g/mol. The van der Waals surface area contributed by atoms with Gasteiger partial charge in [0.15, 0.2) is 23.0 Å². The van der Waals surface area contributed by atoms with Gasteiger partial charge in [-0.25, -0.2) is 0 Å². The minimum absolute atomic E-state index is 0.000377. The molecule has 0 bridgehead atoms. The number of carbonyl (C=O) groups excluding carboxylic acids is 2. The van der Waals surface area contributed by atoms with E-state index in [-0.39, 0.29) is 32.7 Å². The van der Waals surface area contributed by atoms with E-state index in [1.54, 1.807) is 43.3 Å². The van der Waals surface area contributed by atoms with Gasteiger partial charge < -0.3 is 24.1 Å². The summed E-state index contributed by atoms with van der Waals surface area (Å²) in [4.78, 5) is 28.5. The van der Waals surface area contributed by atoms with E-state index in [2.05, 4.69) is 0 Å². The second kappa shape index (κ2) is 11.3. The third-order valence-electron chi connectivity index (χ3n) is 6.46. The lowest BCUT2D eigenvalue weighted by molar-refractivity contribution is -0.132. The maximum absolute atomic E-state index is 13.6. The zero-order chi connectivity index (χ0) is 28.6. The van der Waals surface area contributed by atoms with Crippen molar-refractivity contribution < 1.29 is 33.6 Å². The van der Waals surface area contributed by atoms with Crippen LogP contribution in [0.15, 0.2) is 48.0 Å². The van der Waals surface area contributed by atoms with Crippen LogP contribution in [0.4, 0.5) is 5.69 Å². The normalized spacial score (nSPS) is 16.4. The first kappa shape index (κ1) is 28.4. The van der Waals surface area contributed by atoms with Gasteiger partial charge in [-0.05, 0) is 48.4 Å². The van der Waals surface area contributed by atoms with Crippen molar-refractivity contribution >= 4 is 57.9 Å². The van der Waals surface area contributed by atoms with E-state index < -0.39 is 23.5 Å². The van der Waals surface area contributed by atoms with Gasteiger partial charge >= 0.3 is 0 Å². The number of carbonyl (C=O) groups is 2. The number of hydrogen-bond donors (Lipinski definition) is 1. The molecule has 1 aliphatic rings. The number of halogens is 3. The molecule has 1 amide bonds. The number of Topliss-reactive ketones (excluding diaryl/α,β-unsaturated/α-hetero) is 1. The standard InChI is InChI=1S/C28H24Cl3NO7/c1-13-16(29)7-6-8-18(13)32-23(14-9-10-19(36-2)20(11-14)37-3)21(25(34)28(32)35)24(33)15-12-17(30)27(39-5)22(31)26(15)38-4/h6-12,23,33H,1-5H3/b24-21+. The summed E-state index contributed by atoms with van der Waals surface area (Å²) in [6.45, 7) is 1.73. The fraction of sp³-hybridized carbons (Fsp3) is 0.214. The zero-order valence-electron chi connectivity index (χ0n) is 21.6. The van der Waals surface area contributed by atoms with E-state index in [9.17, 15) is 14.7 Å². The molecule has 0 aliphatic carbocycles. The van der Waals surface area contributed by atoms with E-state index in [1.807, 2.05) is 0 Å². The molecule has 0 aromatic heterocycles. The van der Waals surface area contributed by atoms with Crippen LogP contribution in [0.2, 0.25) is 15.1 Å². The van der Waals surface area contributed by atoms with Gasteiger partial charge in [-0.3, -0.25) is 14.5 Å². The molecule has 8 nitrogen and oxygen atoms in total. The Morgan fingerprint density at radius 1 is 0.846 bits per heavy atom. The summed E-state index contributed by atoms with van der Waals surface area (Å²) in [5, 5.41) is 12.1. The molecule has 1 aliphatic heterocycles. The van der Waals surface area contributed by atoms with Gasteiger partial charge in [-0.15, -0.1) is 0 Å². The fourth-order valence-corrected chi connectivity index (χ4v) is 5.42. The van der Waals surface area contributed by atoms with Crippen molar-refractivity contribution in [3.63, 3.8) is 0 Å². The number of amides is 1. The molecule has 1 fully saturated rings. The summed E-state index contributed by atoms with van der Waals surface area (Å²) in [5.74, 6) is -1.42. The van der Waals surface area contributed by atoms with Crippen molar-refractivity contribution in [2.75, 3.05) is 33.3 Å². The Labute approximate surface area is 240 Å². The average molecular weight is 593 g/mol. The van der Waals surface area contributed by atoms with Crippen molar-refractivity contribution in [3.05, 3.63) is 79.8 Å². The first-order valence-corrected chi connectivity index (χ1v) is 12.6. The van der Waals surface area contributed by atoms with Crippen LogP contribution in [0.5, 0.6) is 23.0 Å². The van der Waals surface area contributed by atoms with Gasteiger partial charge in [0.2, 0.25) is 0 Å². The quantitative estimate of drug-likeness (QED) is 0.187. The van der Waals surface area contributed by atoms with Crippen LogP contribution in [0.3, 0.4) is 0 Å². The Morgan fingerprint density at radius 3 is 2.13 bits per heavy atom. The molecule has 1 heterocycles. The van der Waals surface area contributed by atoms with E-state index in [1.165, 1.54) is 39.4 Å². The number of ether oxygens (including phenoxy) is 4. The minimum atomic E-state index is -1.09. The van der Waals surface area contributed by atoms with E-state index in [4.69, 9.17) is 53.8 Å². The molecule has 0 radical (unpaired) electrons. The Balaban J connectivity index is 2.07. The number of anilines is 1. The number of aliphatic hydroxyl groups is 1. The van der Waals surface area contributed by atoms with Crippen molar-refractivity contribution in [3.8, 4) is 23.0 Å². The minimum Gasteiger partial charge on any atom is -0.507 e. The highest BCUT2D eigenvalue weighted by molar-refractivity contribution is 6.52. The summed E-state index contributed by atoms with van der Waals surface area (Å²) in [5.41, 5.74) is 1.19. The lowest BCUT2D eigenvalue weighted by Crippen LogP contribution is -2.30. The van der Waals surface area contributed by atoms with Crippen LogP contribution in [0.1, 0.15) is 22.7 Å². The summed E-state index contributed by atoms with van der Waals surface area (Å²) >= 11 is 19.2.